The first-order valence-corrected chi connectivity index (χ1v) is 4.48. The van der Waals surface area contributed by atoms with Crippen molar-refractivity contribution in [3.8, 4) is 0 Å². The van der Waals surface area contributed by atoms with E-state index in [0.29, 0.717) is 0 Å². The number of carbonyl (C=O) groups is 2. The SMILES string of the molecule is O=C(O)[C@H](NC(=O)C(F)(F)F)c1ccccc1. The van der Waals surface area contributed by atoms with E-state index in [-0.39, 0.29) is 5.56 Å². The number of hydrogen-bond acceptors (Lipinski definition) is 2. The Hall–Kier alpha value is -2.05. The number of hydrogen-bond donors (Lipinski definition) is 2. The van der Waals surface area contributed by atoms with Gasteiger partial charge in [0.25, 0.3) is 0 Å². The van der Waals surface area contributed by atoms with Gasteiger partial charge in [-0.3, -0.25) is 4.79 Å². The lowest BCUT2D eigenvalue weighted by Gasteiger charge is -2.15. The second kappa shape index (κ2) is 4.86. The Morgan fingerprint density at radius 2 is 1.71 bits per heavy atom. The van der Waals surface area contributed by atoms with Crippen LogP contribution in [0.4, 0.5) is 13.2 Å². The molecule has 0 bridgehead atoms. The topological polar surface area (TPSA) is 66.4 Å². The van der Waals surface area contributed by atoms with Gasteiger partial charge in [0, 0.05) is 0 Å². The molecule has 17 heavy (non-hydrogen) atoms. The van der Waals surface area contributed by atoms with Crippen molar-refractivity contribution in [2.75, 3.05) is 0 Å². The van der Waals surface area contributed by atoms with Crippen molar-refractivity contribution in [3.63, 3.8) is 0 Å². The molecule has 0 saturated heterocycles. The average molecular weight is 247 g/mol. The van der Waals surface area contributed by atoms with Crippen LogP contribution in [-0.4, -0.2) is 23.2 Å². The molecule has 0 unspecified atom stereocenters. The summed E-state index contributed by atoms with van der Waals surface area (Å²) in [5.41, 5.74) is 0.0672. The zero-order valence-electron chi connectivity index (χ0n) is 8.36. The number of benzene rings is 1. The van der Waals surface area contributed by atoms with Gasteiger partial charge in [-0.05, 0) is 5.56 Å². The quantitative estimate of drug-likeness (QED) is 0.850. The molecule has 1 aromatic rings. The summed E-state index contributed by atoms with van der Waals surface area (Å²) in [6, 6.07) is 5.42. The summed E-state index contributed by atoms with van der Waals surface area (Å²) in [4.78, 5) is 21.4. The van der Waals surface area contributed by atoms with Crippen molar-refractivity contribution in [1.29, 1.82) is 0 Å². The Bertz CT molecular complexity index is 417. The summed E-state index contributed by atoms with van der Waals surface area (Å²) in [6.07, 6.45) is -5.11. The number of aliphatic carboxylic acids is 1. The number of halogens is 3. The van der Waals surface area contributed by atoms with Crippen LogP contribution >= 0.6 is 0 Å². The molecule has 1 rings (SSSR count). The number of amides is 1. The number of carboxylic acids is 1. The third kappa shape index (κ3) is 3.47. The van der Waals surface area contributed by atoms with Crippen molar-refractivity contribution in [2.24, 2.45) is 0 Å². The highest BCUT2D eigenvalue weighted by atomic mass is 19.4. The molecule has 1 amide bonds. The van der Waals surface area contributed by atoms with Gasteiger partial charge in [0.1, 0.15) is 0 Å². The first-order chi connectivity index (χ1) is 7.82. The molecule has 2 N–H and O–H groups in total. The maximum Gasteiger partial charge on any atom is 0.471 e. The second-order valence-corrected chi connectivity index (χ2v) is 3.15. The van der Waals surface area contributed by atoms with Crippen molar-refractivity contribution in [1.82, 2.24) is 5.32 Å². The fourth-order valence-electron chi connectivity index (χ4n) is 1.15. The number of alkyl halides is 3. The summed E-state index contributed by atoms with van der Waals surface area (Å²) in [5.74, 6) is -3.84. The molecular weight excluding hydrogens is 239 g/mol. The van der Waals surface area contributed by atoms with Crippen LogP contribution in [0.15, 0.2) is 30.3 Å². The predicted molar refractivity (Wildman–Crippen MR) is 51.0 cm³/mol. The Balaban J connectivity index is 2.90. The van der Waals surface area contributed by atoms with Gasteiger partial charge in [0.05, 0.1) is 0 Å². The van der Waals surface area contributed by atoms with E-state index in [1.165, 1.54) is 29.6 Å². The van der Waals surface area contributed by atoms with Gasteiger partial charge in [0.15, 0.2) is 6.04 Å². The van der Waals surface area contributed by atoms with Gasteiger partial charge in [-0.15, -0.1) is 0 Å². The smallest absolute Gasteiger partial charge is 0.471 e. The highest BCUT2D eigenvalue weighted by molar-refractivity contribution is 5.87. The second-order valence-electron chi connectivity index (χ2n) is 3.15. The molecule has 0 aromatic heterocycles. The lowest BCUT2D eigenvalue weighted by molar-refractivity contribution is -0.175. The Kier molecular flexibility index (Phi) is 3.72. The average Bonchev–Trinajstić information content (AvgIpc) is 2.25. The van der Waals surface area contributed by atoms with Crippen molar-refractivity contribution < 1.29 is 27.9 Å². The monoisotopic (exact) mass is 247 g/mol. The first-order valence-electron chi connectivity index (χ1n) is 4.48. The standard InChI is InChI=1S/C10H8F3NO3/c11-10(12,13)9(17)14-7(8(15)16)6-4-2-1-3-5-6/h1-5,7H,(H,14,17)(H,15,16)/t7-/m1/s1. The van der Waals surface area contributed by atoms with E-state index in [4.69, 9.17) is 5.11 Å². The molecule has 0 heterocycles. The largest absolute Gasteiger partial charge is 0.479 e. The van der Waals surface area contributed by atoms with Crippen molar-refractivity contribution in [2.45, 2.75) is 12.2 Å². The van der Waals surface area contributed by atoms with E-state index in [2.05, 4.69) is 0 Å². The molecule has 92 valence electrons. The summed E-state index contributed by atoms with van der Waals surface area (Å²) in [6.45, 7) is 0. The number of rotatable bonds is 3. The van der Waals surface area contributed by atoms with E-state index < -0.39 is 24.1 Å². The highest BCUT2D eigenvalue weighted by Crippen LogP contribution is 2.18. The molecule has 0 aliphatic rings. The molecular formula is C10H8F3NO3. The molecule has 0 fully saturated rings. The van der Waals surface area contributed by atoms with Gasteiger partial charge in [0.2, 0.25) is 0 Å². The molecule has 7 heteroatoms. The molecule has 0 saturated carbocycles. The van der Waals surface area contributed by atoms with E-state index in [9.17, 15) is 22.8 Å². The zero-order chi connectivity index (χ0) is 13.1. The molecule has 4 nitrogen and oxygen atoms in total. The molecule has 0 radical (unpaired) electrons. The lowest BCUT2D eigenvalue weighted by atomic mass is 10.1. The van der Waals surface area contributed by atoms with Gasteiger partial charge >= 0.3 is 18.1 Å². The number of nitrogens with one attached hydrogen (secondary N) is 1. The van der Waals surface area contributed by atoms with Gasteiger partial charge < -0.3 is 10.4 Å². The number of carbonyl (C=O) groups excluding carboxylic acids is 1. The fourth-order valence-corrected chi connectivity index (χ4v) is 1.15. The van der Waals surface area contributed by atoms with Crippen LogP contribution in [0, 0.1) is 0 Å². The third-order valence-corrected chi connectivity index (χ3v) is 1.91. The van der Waals surface area contributed by atoms with Crippen LogP contribution < -0.4 is 5.32 Å². The van der Waals surface area contributed by atoms with Crippen LogP contribution in [0.3, 0.4) is 0 Å². The minimum atomic E-state index is -5.11. The van der Waals surface area contributed by atoms with Gasteiger partial charge in [-0.1, -0.05) is 30.3 Å². The Labute approximate surface area is 94.1 Å². The van der Waals surface area contributed by atoms with Crippen molar-refractivity contribution in [3.05, 3.63) is 35.9 Å². The lowest BCUT2D eigenvalue weighted by Crippen LogP contribution is -2.41. The fraction of sp³-hybridized carbons (Fsp3) is 0.200. The maximum absolute atomic E-state index is 12.0. The molecule has 0 aliphatic heterocycles. The summed E-state index contributed by atoms with van der Waals surface area (Å²) in [5, 5.41) is 10.2. The van der Waals surface area contributed by atoms with Crippen LogP contribution in [-0.2, 0) is 9.59 Å². The van der Waals surface area contributed by atoms with Crippen molar-refractivity contribution >= 4 is 11.9 Å². The highest BCUT2D eigenvalue weighted by Gasteiger charge is 2.41. The molecule has 0 aliphatic carbocycles. The van der Waals surface area contributed by atoms with Crippen LogP contribution in [0.2, 0.25) is 0 Å². The van der Waals surface area contributed by atoms with Crippen LogP contribution in [0.25, 0.3) is 0 Å². The summed E-state index contributed by atoms with van der Waals surface area (Å²) >= 11 is 0. The van der Waals surface area contributed by atoms with E-state index in [1.807, 2.05) is 0 Å². The van der Waals surface area contributed by atoms with E-state index >= 15 is 0 Å². The molecule has 1 atom stereocenters. The molecule has 0 spiro atoms. The van der Waals surface area contributed by atoms with Crippen LogP contribution in [0.1, 0.15) is 11.6 Å². The predicted octanol–water partition coefficient (Wildman–Crippen LogP) is 1.49. The summed E-state index contributed by atoms with van der Waals surface area (Å²) < 4.78 is 36.0. The maximum atomic E-state index is 12.0. The van der Waals surface area contributed by atoms with Crippen LogP contribution in [0.5, 0.6) is 0 Å². The summed E-state index contributed by atoms with van der Waals surface area (Å²) in [7, 11) is 0. The number of carboxylic acid groups (broad SMARTS) is 1. The third-order valence-electron chi connectivity index (χ3n) is 1.91. The Morgan fingerprint density at radius 3 is 2.12 bits per heavy atom. The normalized spacial score (nSPS) is 12.9. The first kappa shape index (κ1) is 13.0. The van der Waals surface area contributed by atoms with E-state index in [1.54, 1.807) is 6.07 Å². The van der Waals surface area contributed by atoms with E-state index in [0.717, 1.165) is 0 Å². The minimum absolute atomic E-state index is 0.0672. The van der Waals surface area contributed by atoms with Gasteiger partial charge in [-0.2, -0.15) is 13.2 Å². The van der Waals surface area contributed by atoms with Gasteiger partial charge in [-0.25, -0.2) is 4.79 Å². The zero-order valence-corrected chi connectivity index (χ0v) is 8.36. The minimum Gasteiger partial charge on any atom is -0.479 e. The Morgan fingerprint density at radius 1 is 1.18 bits per heavy atom. The molecule has 1 aromatic carbocycles.